The Hall–Kier alpha value is -3.71. The Labute approximate surface area is 262 Å². The molecule has 0 aliphatic rings. The predicted octanol–water partition coefficient (Wildman–Crippen LogP) is 8.62. The van der Waals surface area contributed by atoms with Gasteiger partial charge in [-0.05, 0) is 95.2 Å². The third kappa shape index (κ3) is 8.40. The molecule has 0 saturated carbocycles. The molecule has 0 aliphatic carbocycles. The molecule has 0 atom stereocenters. The molecule has 0 fully saturated rings. The number of methoxy groups -OCH3 is 1. The summed E-state index contributed by atoms with van der Waals surface area (Å²) in [6.45, 7) is 2.68. The van der Waals surface area contributed by atoms with E-state index in [2.05, 4.69) is 27.9 Å². The van der Waals surface area contributed by atoms with E-state index in [9.17, 15) is 10.1 Å². The second kappa shape index (κ2) is 14.3. The molecular formula is C32H25Cl2IN2O4. The van der Waals surface area contributed by atoms with Crippen LogP contribution in [0.3, 0.4) is 0 Å². The van der Waals surface area contributed by atoms with Crippen LogP contribution in [0.5, 0.6) is 17.2 Å². The molecule has 9 heteroatoms. The van der Waals surface area contributed by atoms with Crippen LogP contribution in [0.4, 0.5) is 5.69 Å². The number of benzene rings is 4. The number of hydrogen-bond acceptors (Lipinski definition) is 5. The van der Waals surface area contributed by atoms with Crippen molar-refractivity contribution >= 4 is 63.5 Å². The van der Waals surface area contributed by atoms with Crippen LogP contribution in [0.1, 0.15) is 22.3 Å². The lowest BCUT2D eigenvalue weighted by Gasteiger charge is -2.14. The lowest BCUT2D eigenvalue weighted by molar-refractivity contribution is -0.112. The lowest BCUT2D eigenvalue weighted by atomic mass is 10.1. The Kier molecular flexibility index (Phi) is 10.5. The minimum atomic E-state index is -0.539. The molecule has 0 radical (unpaired) electrons. The van der Waals surface area contributed by atoms with Crippen molar-refractivity contribution in [1.82, 2.24) is 0 Å². The van der Waals surface area contributed by atoms with Crippen LogP contribution >= 0.6 is 45.8 Å². The first-order valence-electron chi connectivity index (χ1n) is 12.4. The summed E-state index contributed by atoms with van der Waals surface area (Å²) in [6.07, 6.45) is 1.51. The fourth-order valence-electron chi connectivity index (χ4n) is 3.75. The van der Waals surface area contributed by atoms with Crippen LogP contribution < -0.4 is 19.5 Å². The monoisotopic (exact) mass is 698 g/mol. The number of halogens is 3. The van der Waals surface area contributed by atoms with E-state index in [0.29, 0.717) is 45.2 Å². The zero-order valence-electron chi connectivity index (χ0n) is 22.2. The number of nitrogens with one attached hydrogen (secondary N) is 1. The van der Waals surface area contributed by atoms with E-state index in [0.717, 1.165) is 14.7 Å². The minimum Gasteiger partial charge on any atom is -0.493 e. The average Bonchev–Trinajstić information content (AvgIpc) is 2.96. The summed E-state index contributed by atoms with van der Waals surface area (Å²) < 4.78 is 18.2. The van der Waals surface area contributed by atoms with Gasteiger partial charge in [0.2, 0.25) is 0 Å². The summed E-state index contributed by atoms with van der Waals surface area (Å²) in [5, 5.41) is 13.5. The SMILES string of the molecule is COc1cc(/C=C(\C#N)C(=O)Nc2ccc(OCc3ccc(Cl)cc3Cl)cc2)cc(I)c1OCc1ccc(C)cc1. The highest BCUT2D eigenvalue weighted by Crippen LogP contribution is 2.35. The Morgan fingerprint density at radius 1 is 0.976 bits per heavy atom. The van der Waals surface area contributed by atoms with Gasteiger partial charge in [0.05, 0.1) is 10.7 Å². The number of hydrogen-bond donors (Lipinski definition) is 1. The zero-order valence-corrected chi connectivity index (χ0v) is 25.9. The van der Waals surface area contributed by atoms with E-state index in [-0.39, 0.29) is 12.2 Å². The Morgan fingerprint density at radius 3 is 2.37 bits per heavy atom. The molecular weight excluding hydrogens is 674 g/mol. The quantitative estimate of drug-likeness (QED) is 0.102. The van der Waals surface area contributed by atoms with Gasteiger partial charge in [-0.15, -0.1) is 0 Å². The number of rotatable bonds is 10. The van der Waals surface area contributed by atoms with E-state index >= 15 is 0 Å². The van der Waals surface area contributed by atoms with Gasteiger partial charge in [-0.3, -0.25) is 4.79 Å². The van der Waals surface area contributed by atoms with Crippen LogP contribution in [0.15, 0.2) is 84.4 Å². The molecule has 4 aromatic carbocycles. The van der Waals surface area contributed by atoms with E-state index in [4.69, 9.17) is 37.4 Å². The molecule has 4 rings (SSSR count). The number of nitrogens with zero attached hydrogens (tertiary/aromatic N) is 1. The van der Waals surface area contributed by atoms with Gasteiger partial charge in [0.1, 0.15) is 30.6 Å². The number of ether oxygens (including phenoxy) is 3. The van der Waals surface area contributed by atoms with E-state index in [1.165, 1.54) is 11.6 Å². The summed E-state index contributed by atoms with van der Waals surface area (Å²) in [5.41, 5.74) is 4.09. The maximum Gasteiger partial charge on any atom is 0.266 e. The number of carbonyl (C=O) groups excluding carboxylic acids is 1. The Bertz CT molecular complexity index is 1620. The second-order valence-corrected chi connectivity index (χ2v) is 11.0. The van der Waals surface area contributed by atoms with Crippen LogP contribution in [0, 0.1) is 21.8 Å². The van der Waals surface area contributed by atoms with E-state index in [1.54, 1.807) is 55.6 Å². The van der Waals surface area contributed by atoms with Crippen molar-refractivity contribution < 1.29 is 19.0 Å². The molecule has 1 amide bonds. The van der Waals surface area contributed by atoms with Crippen molar-refractivity contribution in [1.29, 1.82) is 5.26 Å². The molecule has 0 saturated heterocycles. The number of aryl methyl sites for hydroxylation is 1. The van der Waals surface area contributed by atoms with Gasteiger partial charge in [0.25, 0.3) is 5.91 Å². The molecule has 0 aliphatic heterocycles. The Balaban J connectivity index is 1.41. The number of carbonyl (C=O) groups is 1. The maximum absolute atomic E-state index is 12.9. The molecule has 41 heavy (non-hydrogen) atoms. The lowest BCUT2D eigenvalue weighted by Crippen LogP contribution is -2.13. The predicted molar refractivity (Wildman–Crippen MR) is 171 cm³/mol. The van der Waals surface area contributed by atoms with E-state index in [1.807, 2.05) is 43.3 Å². The fraction of sp³-hybridized carbons (Fsp3) is 0.125. The largest absolute Gasteiger partial charge is 0.493 e. The van der Waals surface area contributed by atoms with Gasteiger partial charge >= 0.3 is 0 Å². The highest BCUT2D eigenvalue weighted by atomic mass is 127. The van der Waals surface area contributed by atoms with Crippen molar-refractivity contribution in [3.05, 3.63) is 120 Å². The highest BCUT2D eigenvalue weighted by Gasteiger charge is 2.15. The molecule has 6 nitrogen and oxygen atoms in total. The van der Waals surface area contributed by atoms with Gasteiger partial charge in [0, 0.05) is 21.3 Å². The van der Waals surface area contributed by atoms with Crippen molar-refractivity contribution in [2.24, 2.45) is 0 Å². The van der Waals surface area contributed by atoms with E-state index < -0.39 is 5.91 Å². The summed E-state index contributed by atoms with van der Waals surface area (Å²) in [6, 6.07) is 25.7. The molecule has 208 valence electrons. The molecule has 0 unspecified atom stereocenters. The first kappa shape index (κ1) is 30.3. The van der Waals surface area contributed by atoms with Gasteiger partial charge < -0.3 is 19.5 Å². The van der Waals surface area contributed by atoms with Crippen LogP contribution in [0.2, 0.25) is 10.0 Å². The van der Waals surface area contributed by atoms with Crippen LogP contribution in [-0.2, 0) is 18.0 Å². The van der Waals surface area contributed by atoms with Crippen LogP contribution in [0.25, 0.3) is 6.08 Å². The standard InChI is InChI=1S/C32H25Cl2IN2O4/c1-20-3-5-21(6-4-20)18-41-31-29(35)14-22(15-30(31)39-2)13-24(17-36)32(38)37-26-9-11-27(12-10-26)40-19-23-7-8-25(33)16-28(23)34/h3-16H,18-19H2,1-2H3,(H,37,38)/b24-13+. The third-order valence-electron chi connectivity index (χ3n) is 5.95. The smallest absolute Gasteiger partial charge is 0.266 e. The summed E-state index contributed by atoms with van der Waals surface area (Å²) in [5.74, 6) is 1.15. The molecule has 0 aromatic heterocycles. The van der Waals surface area contributed by atoms with Gasteiger partial charge in [-0.2, -0.15) is 5.26 Å². The summed E-state index contributed by atoms with van der Waals surface area (Å²) >= 11 is 14.3. The zero-order chi connectivity index (χ0) is 29.4. The highest BCUT2D eigenvalue weighted by molar-refractivity contribution is 14.1. The van der Waals surface area contributed by atoms with Gasteiger partial charge in [-0.1, -0.05) is 59.1 Å². The maximum atomic E-state index is 12.9. The third-order valence-corrected chi connectivity index (χ3v) is 7.34. The van der Waals surface area contributed by atoms with Crippen molar-refractivity contribution in [2.75, 3.05) is 12.4 Å². The molecule has 0 spiro atoms. The first-order valence-corrected chi connectivity index (χ1v) is 14.2. The minimum absolute atomic E-state index is 0.0612. The van der Waals surface area contributed by atoms with Crippen LogP contribution in [-0.4, -0.2) is 13.0 Å². The number of nitriles is 1. The number of amides is 1. The molecule has 0 bridgehead atoms. The second-order valence-electron chi connectivity index (χ2n) is 8.98. The molecule has 4 aromatic rings. The fourth-order valence-corrected chi connectivity index (χ4v) is 5.00. The summed E-state index contributed by atoms with van der Waals surface area (Å²) in [7, 11) is 1.55. The molecule has 0 heterocycles. The summed E-state index contributed by atoms with van der Waals surface area (Å²) in [4.78, 5) is 12.9. The van der Waals surface area contributed by atoms with Crippen molar-refractivity contribution in [3.8, 4) is 23.3 Å². The first-order chi connectivity index (χ1) is 19.7. The number of anilines is 1. The average molecular weight is 699 g/mol. The van der Waals surface area contributed by atoms with Gasteiger partial charge in [0.15, 0.2) is 11.5 Å². The van der Waals surface area contributed by atoms with Crippen molar-refractivity contribution in [3.63, 3.8) is 0 Å². The topological polar surface area (TPSA) is 80.6 Å². The van der Waals surface area contributed by atoms with Crippen molar-refractivity contribution in [2.45, 2.75) is 20.1 Å². The molecule has 1 N–H and O–H groups in total. The normalized spacial score (nSPS) is 11.0. The van der Waals surface area contributed by atoms with Gasteiger partial charge in [-0.25, -0.2) is 0 Å². The Morgan fingerprint density at radius 2 is 1.71 bits per heavy atom.